The Morgan fingerprint density at radius 3 is 1.40 bits per heavy atom. The molecule has 2 atom stereocenters. The van der Waals surface area contributed by atoms with E-state index in [1.165, 1.54) is 19.6 Å². The van der Waals surface area contributed by atoms with Crippen LogP contribution in [0.5, 0.6) is 0 Å². The van der Waals surface area contributed by atoms with E-state index >= 15 is 0 Å². The van der Waals surface area contributed by atoms with Gasteiger partial charge in [0.15, 0.2) is 25.6 Å². The summed E-state index contributed by atoms with van der Waals surface area (Å²) in [5, 5.41) is 0. The fraction of sp³-hybridized carbons (Fsp3) is 0.583. The quantitative estimate of drug-likeness (QED) is 0.107. The minimum Gasteiger partial charge on any atom is -0.465 e. The molecular weight excluding hydrogens is 651 g/mol. The van der Waals surface area contributed by atoms with Gasteiger partial charge < -0.3 is 16.2 Å². The van der Waals surface area contributed by atoms with Gasteiger partial charge >= 0.3 is 5.97 Å². The van der Waals surface area contributed by atoms with Crippen molar-refractivity contribution in [3.05, 3.63) is 57.6 Å². The molecule has 1 amide bonds. The van der Waals surface area contributed by atoms with Crippen LogP contribution in [0.2, 0.25) is 0 Å². The number of sulfone groups is 2. The third-order valence-corrected chi connectivity index (χ3v) is 10.8. The van der Waals surface area contributed by atoms with Gasteiger partial charge in [-0.25, -0.2) is 21.6 Å². The minimum absolute atomic E-state index is 0.137. The Morgan fingerprint density at radius 2 is 1.08 bits per heavy atom. The van der Waals surface area contributed by atoms with Gasteiger partial charge in [-0.15, -0.1) is 0 Å². The van der Waals surface area contributed by atoms with E-state index in [4.69, 9.17) is 16.2 Å². The summed E-state index contributed by atoms with van der Waals surface area (Å²) in [7, 11) is -5.62. The summed E-state index contributed by atoms with van der Waals surface area (Å²) in [5.41, 5.74) is 14.0. The number of carbonyl (C=O) groups excluding carboxylic acids is 2. The van der Waals surface area contributed by atoms with Crippen LogP contribution in [0.3, 0.4) is 0 Å². The van der Waals surface area contributed by atoms with Crippen molar-refractivity contribution in [1.29, 1.82) is 0 Å². The number of guanidine groups is 1. The molecule has 2 rings (SSSR count). The number of nitrogens with zero attached hydrogens (tertiary/aromatic N) is 1. The number of hydrogen-bond donors (Lipinski definition) is 2. The van der Waals surface area contributed by atoms with Crippen molar-refractivity contribution in [1.82, 2.24) is 0 Å². The second-order valence-electron chi connectivity index (χ2n) is 12.2. The number of aliphatic imine (C=N–C) groups is 1. The molecule has 0 saturated carbocycles. The molecule has 270 valence electrons. The van der Waals surface area contributed by atoms with Gasteiger partial charge in [0.2, 0.25) is 0 Å². The minimum atomic E-state index is -3.51. The van der Waals surface area contributed by atoms with Crippen molar-refractivity contribution in [3.63, 3.8) is 0 Å². The maximum Gasteiger partial charge on any atom is 0.338 e. The van der Waals surface area contributed by atoms with Crippen molar-refractivity contribution in [2.24, 2.45) is 16.5 Å². The highest BCUT2D eigenvalue weighted by molar-refractivity contribution is 7.91. The van der Waals surface area contributed by atoms with E-state index < -0.39 is 31.6 Å². The summed E-state index contributed by atoms with van der Waals surface area (Å²) in [4.78, 5) is 28.6. The Morgan fingerprint density at radius 1 is 0.688 bits per heavy atom. The van der Waals surface area contributed by atoms with Gasteiger partial charge in [-0.1, -0.05) is 79.4 Å². The van der Waals surface area contributed by atoms with Crippen molar-refractivity contribution in [3.8, 4) is 0 Å². The van der Waals surface area contributed by atoms with E-state index in [0.717, 1.165) is 56.1 Å². The van der Waals surface area contributed by atoms with Gasteiger partial charge in [-0.05, 0) is 84.7 Å². The van der Waals surface area contributed by atoms with Crippen LogP contribution < -0.4 is 11.5 Å². The highest BCUT2D eigenvalue weighted by Crippen LogP contribution is 2.36. The molecule has 0 fully saturated rings. The number of amides is 1. The van der Waals surface area contributed by atoms with Crippen molar-refractivity contribution in [2.45, 2.75) is 127 Å². The first-order chi connectivity index (χ1) is 22.5. The molecule has 0 aliphatic heterocycles. The van der Waals surface area contributed by atoms with Crippen LogP contribution in [0.4, 0.5) is 0 Å². The molecule has 0 aliphatic rings. The Bertz CT molecular complexity index is 1650. The molecular formula is C36H57N3O7S2. The van der Waals surface area contributed by atoms with E-state index in [1.54, 1.807) is 24.3 Å². The van der Waals surface area contributed by atoms with E-state index in [-0.39, 0.29) is 28.3 Å². The number of nitrogens with two attached hydrogens (primary N) is 2. The van der Waals surface area contributed by atoms with E-state index in [0.29, 0.717) is 40.8 Å². The highest BCUT2D eigenvalue weighted by Gasteiger charge is 2.28. The van der Waals surface area contributed by atoms with E-state index in [9.17, 15) is 26.4 Å². The Hall–Kier alpha value is -3.25. The second-order valence-corrected chi connectivity index (χ2v) is 16.1. The number of esters is 1. The standard InChI is InChI=1S/C18H29N3O3S.C18H28O4S/c1-5-8-12(7-3)13-10-11-15(17(22)21-18(19)20)14(9-6-2)16(13)25(4,23)24;1-6-9-13(8-3)14-11-12-16(18(19)22-4)15(10-7-2)17(14)23(5,20)21/h10-12H,5-9H2,1-4H3,(H4,19,20,21,22);11-13H,6-10H2,1-5H3. The molecule has 2 aromatic rings. The lowest BCUT2D eigenvalue weighted by molar-refractivity contribution is 0.0599. The summed E-state index contributed by atoms with van der Waals surface area (Å²) in [5.74, 6) is -1.10. The van der Waals surface area contributed by atoms with Gasteiger partial charge in [0.05, 0.1) is 22.5 Å². The zero-order chi connectivity index (χ0) is 36.8. The number of benzene rings is 2. The molecule has 0 bridgehead atoms. The summed E-state index contributed by atoms with van der Waals surface area (Å²) < 4.78 is 55.0. The topological polar surface area (TPSA) is 176 Å². The van der Waals surface area contributed by atoms with Gasteiger partial charge in [-0.3, -0.25) is 4.79 Å². The zero-order valence-corrected chi connectivity index (χ0v) is 31.9. The predicted octanol–water partition coefficient (Wildman–Crippen LogP) is 6.87. The van der Waals surface area contributed by atoms with E-state index in [2.05, 4.69) is 25.8 Å². The van der Waals surface area contributed by atoms with Crippen LogP contribution in [-0.2, 0) is 37.3 Å². The summed E-state index contributed by atoms with van der Waals surface area (Å²) in [6, 6.07) is 6.92. The summed E-state index contributed by atoms with van der Waals surface area (Å²) in [6.45, 7) is 12.2. The number of rotatable bonds is 16. The van der Waals surface area contributed by atoms with Crippen LogP contribution in [0.25, 0.3) is 0 Å². The number of hydrogen-bond acceptors (Lipinski definition) is 7. The molecule has 2 unspecified atom stereocenters. The Kier molecular flexibility index (Phi) is 17.5. The van der Waals surface area contributed by atoms with Gasteiger partial charge in [0, 0.05) is 18.1 Å². The fourth-order valence-electron chi connectivity index (χ4n) is 6.34. The molecule has 0 aliphatic carbocycles. The molecule has 10 nitrogen and oxygen atoms in total. The first kappa shape index (κ1) is 42.8. The summed E-state index contributed by atoms with van der Waals surface area (Å²) in [6.07, 6.45) is 10.4. The molecule has 48 heavy (non-hydrogen) atoms. The molecule has 12 heteroatoms. The third kappa shape index (κ3) is 11.4. The smallest absolute Gasteiger partial charge is 0.338 e. The third-order valence-electron chi connectivity index (χ3n) is 8.33. The normalized spacial score (nSPS) is 12.8. The van der Waals surface area contributed by atoms with Gasteiger partial charge in [-0.2, -0.15) is 4.99 Å². The molecule has 0 saturated heterocycles. The van der Waals surface area contributed by atoms with Crippen molar-refractivity contribution in [2.75, 3.05) is 19.6 Å². The van der Waals surface area contributed by atoms with Crippen LogP contribution in [-0.4, -0.2) is 54.3 Å². The monoisotopic (exact) mass is 707 g/mol. The maximum atomic E-state index is 12.6. The maximum absolute atomic E-state index is 12.6. The lowest BCUT2D eigenvalue weighted by Gasteiger charge is -2.22. The molecule has 0 spiro atoms. The van der Waals surface area contributed by atoms with Gasteiger partial charge in [0.1, 0.15) is 0 Å². The average Bonchev–Trinajstić information content (AvgIpc) is 3.00. The van der Waals surface area contributed by atoms with Gasteiger partial charge in [0.25, 0.3) is 5.91 Å². The van der Waals surface area contributed by atoms with Crippen LogP contribution >= 0.6 is 0 Å². The second kappa shape index (κ2) is 19.7. The van der Waals surface area contributed by atoms with Crippen molar-refractivity contribution < 1.29 is 31.2 Å². The first-order valence-electron chi connectivity index (χ1n) is 16.9. The SMILES string of the molecule is CCCc1c(C(=O)N=C(N)N)ccc(C(CC)CCC)c1S(C)(=O)=O.CCCc1c(C(=O)OC)ccc(C(CC)CCC)c1S(C)(=O)=O. The largest absolute Gasteiger partial charge is 0.465 e. The molecule has 0 aromatic heterocycles. The summed E-state index contributed by atoms with van der Waals surface area (Å²) >= 11 is 0. The molecule has 4 N–H and O–H groups in total. The lowest BCUT2D eigenvalue weighted by Crippen LogP contribution is -2.24. The Balaban J connectivity index is 0.000000482. The molecule has 0 radical (unpaired) electrons. The van der Waals surface area contributed by atoms with Crippen LogP contribution in [0, 0.1) is 0 Å². The van der Waals surface area contributed by atoms with Crippen LogP contribution in [0.1, 0.15) is 148 Å². The lowest BCUT2D eigenvalue weighted by atomic mass is 9.88. The van der Waals surface area contributed by atoms with Crippen molar-refractivity contribution >= 4 is 37.5 Å². The predicted molar refractivity (Wildman–Crippen MR) is 194 cm³/mol. The van der Waals surface area contributed by atoms with E-state index in [1.807, 2.05) is 20.8 Å². The number of methoxy groups -OCH3 is 1. The Labute approximate surface area is 289 Å². The number of ether oxygens (including phenoxy) is 1. The highest BCUT2D eigenvalue weighted by atomic mass is 32.2. The average molecular weight is 708 g/mol. The fourth-order valence-corrected chi connectivity index (χ4v) is 8.99. The number of carbonyl (C=O) groups is 2. The zero-order valence-electron chi connectivity index (χ0n) is 30.3. The molecule has 0 heterocycles. The first-order valence-corrected chi connectivity index (χ1v) is 20.7. The molecule has 2 aromatic carbocycles. The van der Waals surface area contributed by atoms with Crippen LogP contribution in [0.15, 0.2) is 39.0 Å².